The Labute approximate surface area is 117 Å². The van der Waals surface area contributed by atoms with Gasteiger partial charge in [0.1, 0.15) is 0 Å². The molecule has 2 aliphatic heterocycles. The minimum absolute atomic E-state index is 0.416. The molecule has 3 aliphatic rings. The highest BCUT2D eigenvalue weighted by atomic mass is 16.2. The van der Waals surface area contributed by atoms with Crippen LogP contribution in [0.2, 0.25) is 0 Å². The van der Waals surface area contributed by atoms with Gasteiger partial charge >= 0.3 is 0 Å². The molecule has 1 atom stereocenters. The molecular weight excluding hydrogens is 236 g/mol. The summed E-state index contributed by atoms with van der Waals surface area (Å²) in [7, 11) is 0. The van der Waals surface area contributed by atoms with Crippen LogP contribution in [0.15, 0.2) is 0 Å². The zero-order valence-electron chi connectivity index (χ0n) is 12.1. The summed E-state index contributed by atoms with van der Waals surface area (Å²) in [6, 6.07) is 0. The topological polar surface area (TPSA) is 32.3 Å². The third kappa shape index (κ3) is 3.13. The van der Waals surface area contributed by atoms with Gasteiger partial charge in [0, 0.05) is 19.5 Å². The summed E-state index contributed by atoms with van der Waals surface area (Å²) >= 11 is 0. The quantitative estimate of drug-likeness (QED) is 0.831. The van der Waals surface area contributed by atoms with Crippen molar-refractivity contribution >= 4 is 5.91 Å². The van der Waals surface area contributed by atoms with Crippen molar-refractivity contribution in [1.82, 2.24) is 10.2 Å². The Morgan fingerprint density at radius 3 is 2.47 bits per heavy atom. The first kappa shape index (κ1) is 13.4. The molecule has 0 bridgehead atoms. The van der Waals surface area contributed by atoms with Crippen molar-refractivity contribution in [3.05, 3.63) is 0 Å². The molecule has 1 spiro atoms. The Morgan fingerprint density at radius 1 is 1.11 bits per heavy atom. The van der Waals surface area contributed by atoms with Crippen LogP contribution < -0.4 is 5.32 Å². The Balaban J connectivity index is 1.47. The molecule has 3 fully saturated rings. The Hall–Kier alpha value is -0.570. The van der Waals surface area contributed by atoms with Crippen molar-refractivity contribution in [1.29, 1.82) is 0 Å². The highest BCUT2D eigenvalue weighted by molar-refractivity contribution is 5.76. The smallest absolute Gasteiger partial charge is 0.222 e. The number of nitrogens with zero attached hydrogens (tertiary/aromatic N) is 1. The normalized spacial score (nSPS) is 30.7. The molecule has 0 aromatic carbocycles. The number of likely N-dealkylation sites (tertiary alicyclic amines) is 1. The lowest BCUT2D eigenvalue weighted by Crippen LogP contribution is -2.44. The average molecular weight is 264 g/mol. The van der Waals surface area contributed by atoms with Crippen LogP contribution >= 0.6 is 0 Å². The fraction of sp³-hybridized carbons (Fsp3) is 0.938. The summed E-state index contributed by atoms with van der Waals surface area (Å²) < 4.78 is 0. The van der Waals surface area contributed by atoms with Crippen molar-refractivity contribution in [3.8, 4) is 0 Å². The maximum Gasteiger partial charge on any atom is 0.222 e. The zero-order valence-corrected chi connectivity index (χ0v) is 12.1. The standard InChI is InChI=1S/C16H28N2O/c19-15(12-14-4-9-17-13-14)18-10-7-16(8-11-18)5-2-1-3-6-16/h14,17H,1-13H2. The number of hydrogen-bond acceptors (Lipinski definition) is 2. The van der Waals surface area contributed by atoms with Crippen LogP contribution in [0.5, 0.6) is 0 Å². The minimum atomic E-state index is 0.416. The third-order valence-electron chi connectivity index (χ3n) is 5.72. The number of nitrogens with one attached hydrogen (secondary N) is 1. The van der Waals surface area contributed by atoms with E-state index < -0.39 is 0 Å². The van der Waals surface area contributed by atoms with Crippen LogP contribution in [-0.2, 0) is 4.79 Å². The molecule has 1 saturated carbocycles. The molecule has 0 aromatic rings. The summed E-state index contributed by atoms with van der Waals surface area (Å²) in [5, 5.41) is 3.36. The predicted molar refractivity (Wildman–Crippen MR) is 76.9 cm³/mol. The minimum Gasteiger partial charge on any atom is -0.343 e. The van der Waals surface area contributed by atoms with Gasteiger partial charge in [-0.15, -0.1) is 0 Å². The first-order chi connectivity index (χ1) is 9.27. The average Bonchev–Trinajstić information content (AvgIpc) is 2.93. The molecule has 1 N–H and O–H groups in total. The molecule has 3 nitrogen and oxygen atoms in total. The van der Waals surface area contributed by atoms with Crippen LogP contribution in [0.25, 0.3) is 0 Å². The summed E-state index contributed by atoms with van der Waals surface area (Å²) in [5.41, 5.74) is 0.615. The van der Waals surface area contributed by atoms with E-state index in [0.29, 0.717) is 17.2 Å². The monoisotopic (exact) mass is 264 g/mol. The lowest BCUT2D eigenvalue weighted by atomic mass is 9.68. The van der Waals surface area contributed by atoms with Gasteiger partial charge < -0.3 is 10.2 Å². The SMILES string of the molecule is O=C(CC1CCNC1)N1CCC2(CCCCC2)CC1. The molecule has 2 heterocycles. The van der Waals surface area contributed by atoms with Crippen LogP contribution in [0.3, 0.4) is 0 Å². The fourth-order valence-corrected chi connectivity index (χ4v) is 4.30. The predicted octanol–water partition coefficient (Wildman–Crippen LogP) is 2.56. The Kier molecular flexibility index (Phi) is 4.11. The lowest BCUT2D eigenvalue weighted by Gasteiger charge is -2.44. The van der Waals surface area contributed by atoms with Crippen molar-refractivity contribution in [3.63, 3.8) is 0 Å². The second-order valence-corrected chi connectivity index (χ2v) is 7.00. The van der Waals surface area contributed by atoms with Crippen LogP contribution in [0, 0.1) is 11.3 Å². The van der Waals surface area contributed by atoms with Gasteiger partial charge in [0.25, 0.3) is 0 Å². The van der Waals surface area contributed by atoms with Gasteiger partial charge in [0.2, 0.25) is 5.91 Å². The number of carbonyl (C=O) groups excluding carboxylic acids is 1. The summed E-state index contributed by atoms with van der Waals surface area (Å²) in [5.74, 6) is 1.01. The van der Waals surface area contributed by atoms with Crippen molar-refractivity contribution < 1.29 is 4.79 Å². The number of amides is 1. The highest BCUT2D eigenvalue weighted by Gasteiger charge is 2.36. The van der Waals surface area contributed by atoms with Crippen molar-refractivity contribution in [2.75, 3.05) is 26.2 Å². The fourth-order valence-electron chi connectivity index (χ4n) is 4.30. The second kappa shape index (κ2) is 5.82. The van der Waals surface area contributed by atoms with Crippen molar-refractivity contribution in [2.24, 2.45) is 11.3 Å². The largest absolute Gasteiger partial charge is 0.343 e. The summed E-state index contributed by atoms with van der Waals surface area (Å²) in [4.78, 5) is 14.5. The summed E-state index contributed by atoms with van der Waals surface area (Å²) in [6.45, 7) is 4.20. The molecule has 2 saturated heterocycles. The molecule has 108 valence electrons. The number of carbonyl (C=O) groups is 1. The van der Waals surface area contributed by atoms with Crippen LogP contribution in [0.1, 0.15) is 57.8 Å². The van der Waals surface area contributed by atoms with Gasteiger partial charge in [0.15, 0.2) is 0 Å². The molecular formula is C16H28N2O. The molecule has 1 amide bonds. The number of piperidine rings is 1. The van der Waals surface area contributed by atoms with E-state index in [1.807, 2.05) is 0 Å². The van der Waals surface area contributed by atoms with E-state index in [9.17, 15) is 4.79 Å². The molecule has 3 heteroatoms. The first-order valence-corrected chi connectivity index (χ1v) is 8.26. The van der Waals surface area contributed by atoms with Gasteiger partial charge in [-0.3, -0.25) is 4.79 Å². The van der Waals surface area contributed by atoms with E-state index in [1.165, 1.54) is 51.4 Å². The van der Waals surface area contributed by atoms with E-state index in [-0.39, 0.29) is 0 Å². The molecule has 1 aliphatic carbocycles. The van der Waals surface area contributed by atoms with E-state index >= 15 is 0 Å². The van der Waals surface area contributed by atoms with E-state index in [0.717, 1.165) is 32.6 Å². The molecule has 0 radical (unpaired) electrons. The van der Waals surface area contributed by atoms with E-state index in [4.69, 9.17) is 0 Å². The molecule has 1 unspecified atom stereocenters. The van der Waals surface area contributed by atoms with Crippen molar-refractivity contribution in [2.45, 2.75) is 57.8 Å². The maximum absolute atomic E-state index is 12.3. The highest BCUT2D eigenvalue weighted by Crippen LogP contribution is 2.44. The number of hydrogen-bond donors (Lipinski definition) is 1. The maximum atomic E-state index is 12.3. The van der Waals surface area contributed by atoms with Gasteiger partial charge in [0.05, 0.1) is 0 Å². The van der Waals surface area contributed by atoms with E-state index in [1.54, 1.807) is 0 Å². The Bertz CT molecular complexity index is 307. The van der Waals surface area contributed by atoms with Gasteiger partial charge in [-0.2, -0.15) is 0 Å². The summed E-state index contributed by atoms with van der Waals surface area (Å²) in [6.07, 6.45) is 11.6. The zero-order chi connectivity index (χ0) is 13.1. The molecule has 0 aromatic heterocycles. The van der Waals surface area contributed by atoms with Gasteiger partial charge in [-0.25, -0.2) is 0 Å². The van der Waals surface area contributed by atoms with Gasteiger partial charge in [-0.1, -0.05) is 19.3 Å². The first-order valence-electron chi connectivity index (χ1n) is 8.26. The van der Waals surface area contributed by atoms with Crippen LogP contribution in [-0.4, -0.2) is 37.0 Å². The second-order valence-electron chi connectivity index (χ2n) is 7.00. The Morgan fingerprint density at radius 2 is 1.84 bits per heavy atom. The van der Waals surface area contributed by atoms with E-state index in [2.05, 4.69) is 10.2 Å². The van der Waals surface area contributed by atoms with Gasteiger partial charge in [-0.05, 0) is 56.5 Å². The number of rotatable bonds is 2. The lowest BCUT2D eigenvalue weighted by molar-refractivity contribution is -0.134. The molecule has 3 rings (SSSR count). The van der Waals surface area contributed by atoms with Crippen LogP contribution in [0.4, 0.5) is 0 Å². The third-order valence-corrected chi connectivity index (χ3v) is 5.72. The molecule has 19 heavy (non-hydrogen) atoms.